The average Bonchev–Trinajstić information content (AvgIpc) is 2.67. The number of nitrogens with zero attached hydrogens (tertiary/aromatic N) is 3. The molecule has 5 heteroatoms. The molecule has 0 N–H and O–H groups in total. The summed E-state index contributed by atoms with van der Waals surface area (Å²) in [6.07, 6.45) is 0. The van der Waals surface area contributed by atoms with E-state index in [9.17, 15) is 0 Å². The molecule has 0 spiro atoms. The van der Waals surface area contributed by atoms with E-state index < -0.39 is 0 Å². The van der Waals surface area contributed by atoms with Gasteiger partial charge in [0.05, 0.1) is 44.2 Å². The minimum Gasteiger partial charge on any atom is -0.250 e. The maximum absolute atomic E-state index is 6.30. The van der Waals surface area contributed by atoms with Crippen LogP contribution < -0.4 is 0 Å². The third-order valence-corrected chi connectivity index (χ3v) is 5.04. The molecule has 3 aromatic rings. The van der Waals surface area contributed by atoms with Crippen LogP contribution in [0.3, 0.4) is 0 Å². The van der Waals surface area contributed by atoms with Crippen molar-refractivity contribution in [2.24, 2.45) is 9.98 Å². The zero-order chi connectivity index (χ0) is 20.3. The summed E-state index contributed by atoms with van der Waals surface area (Å²) in [6.45, 7) is 7.84. The van der Waals surface area contributed by atoms with E-state index in [1.807, 2.05) is 82.3 Å². The number of hydrogen-bond donors (Lipinski definition) is 0. The molecule has 0 fully saturated rings. The third kappa shape index (κ3) is 4.49. The molecule has 1 aromatic heterocycles. The summed E-state index contributed by atoms with van der Waals surface area (Å²) in [5.41, 5.74) is 6.73. The Kier molecular flexibility index (Phi) is 6.28. The quantitative estimate of drug-likeness (QED) is 0.416. The average molecular weight is 410 g/mol. The van der Waals surface area contributed by atoms with Crippen LogP contribution in [-0.2, 0) is 0 Å². The van der Waals surface area contributed by atoms with Crippen LogP contribution in [0.25, 0.3) is 0 Å². The van der Waals surface area contributed by atoms with Crippen LogP contribution in [0, 0.1) is 13.8 Å². The highest BCUT2D eigenvalue weighted by atomic mass is 35.5. The lowest BCUT2D eigenvalue weighted by molar-refractivity contribution is 1.23. The molecule has 0 atom stereocenters. The van der Waals surface area contributed by atoms with Gasteiger partial charge in [-0.3, -0.25) is 0 Å². The van der Waals surface area contributed by atoms with Gasteiger partial charge in [-0.1, -0.05) is 53.5 Å². The largest absolute Gasteiger partial charge is 0.250 e. The molecule has 0 aliphatic rings. The number of benzene rings is 2. The Morgan fingerprint density at radius 3 is 1.46 bits per heavy atom. The van der Waals surface area contributed by atoms with Crippen LogP contribution in [0.5, 0.6) is 0 Å². The summed E-state index contributed by atoms with van der Waals surface area (Å²) < 4.78 is 0. The molecule has 3 rings (SSSR count). The summed E-state index contributed by atoms with van der Waals surface area (Å²) >= 11 is 12.6. The summed E-state index contributed by atoms with van der Waals surface area (Å²) in [5, 5.41) is 1.25. The molecule has 0 unspecified atom stereocenters. The molecule has 0 aliphatic heterocycles. The Bertz CT molecular complexity index is 962. The van der Waals surface area contributed by atoms with Crippen molar-refractivity contribution in [1.29, 1.82) is 0 Å². The van der Waals surface area contributed by atoms with Gasteiger partial charge in [-0.2, -0.15) is 0 Å². The Balaban J connectivity index is 1.98. The summed E-state index contributed by atoms with van der Waals surface area (Å²) in [4.78, 5) is 14.1. The topological polar surface area (TPSA) is 37.6 Å². The monoisotopic (exact) mass is 409 g/mol. The fraction of sp³-hybridized carbons (Fsp3) is 0.174. The maximum atomic E-state index is 6.30. The second-order valence-corrected chi connectivity index (χ2v) is 7.43. The van der Waals surface area contributed by atoms with Crippen LogP contribution in [0.1, 0.15) is 36.4 Å². The smallest absolute Gasteiger partial charge is 0.0849 e. The van der Waals surface area contributed by atoms with Crippen molar-refractivity contribution >= 4 is 46.0 Å². The van der Waals surface area contributed by atoms with Crippen LogP contribution in [-0.4, -0.2) is 16.4 Å². The van der Waals surface area contributed by atoms with E-state index in [-0.39, 0.29) is 0 Å². The minimum absolute atomic E-state index is 0.627. The molecule has 0 saturated carbocycles. The lowest BCUT2D eigenvalue weighted by Crippen LogP contribution is -2.05. The fourth-order valence-electron chi connectivity index (χ4n) is 2.82. The summed E-state index contributed by atoms with van der Waals surface area (Å²) in [6, 6.07) is 17.3. The van der Waals surface area contributed by atoms with E-state index in [4.69, 9.17) is 38.2 Å². The van der Waals surface area contributed by atoms with E-state index in [2.05, 4.69) is 0 Å². The molecule has 142 valence electrons. The van der Waals surface area contributed by atoms with E-state index in [0.29, 0.717) is 10.0 Å². The lowest BCUT2D eigenvalue weighted by Gasteiger charge is -2.08. The first-order valence-electron chi connectivity index (χ1n) is 8.95. The first-order valence-corrected chi connectivity index (χ1v) is 9.71. The van der Waals surface area contributed by atoms with Gasteiger partial charge >= 0.3 is 0 Å². The normalized spacial score (nSPS) is 12.4. The highest BCUT2D eigenvalue weighted by Crippen LogP contribution is 2.30. The molecule has 3 nitrogen and oxygen atoms in total. The molecule has 1 heterocycles. The number of aromatic nitrogens is 1. The van der Waals surface area contributed by atoms with Crippen molar-refractivity contribution in [2.45, 2.75) is 27.7 Å². The van der Waals surface area contributed by atoms with E-state index in [0.717, 1.165) is 45.3 Å². The Morgan fingerprint density at radius 2 is 1.07 bits per heavy atom. The molecular weight excluding hydrogens is 389 g/mol. The van der Waals surface area contributed by atoms with Crippen molar-refractivity contribution in [3.8, 4) is 0 Å². The van der Waals surface area contributed by atoms with Gasteiger partial charge in [0, 0.05) is 0 Å². The van der Waals surface area contributed by atoms with Crippen LogP contribution in [0.4, 0.5) is 11.4 Å². The van der Waals surface area contributed by atoms with Crippen molar-refractivity contribution in [3.05, 3.63) is 87.2 Å². The standard InChI is InChI=1S/C23H21Cl2N3/c1-14-8-5-10-18(24)22(14)26-16(3)20-12-7-13-21(28-20)17(4)27-23-15(2)9-6-11-19(23)25/h5-13H,1-4H3. The molecule has 2 aromatic carbocycles. The van der Waals surface area contributed by atoms with E-state index in [1.54, 1.807) is 0 Å². The first kappa shape index (κ1) is 20.2. The van der Waals surface area contributed by atoms with Crippen molar-refractivity contribution in [1.82, 2.24) is 4.98 Å². The predicted octanol–water partition coefficient (Wildman–Crippen LogP) is 7.29. The van der Waals surface area contributed by atoms with Gasteiger partial charge in [0.2, 0.25) is 0 Å². The Labute approximate surface area is 175 Å². The van der Waals surface area contributed by atoms with Gasteiger partial charge in [-0.05, 0) is 63.1 Å². The zero-order valence-corrected chi connectivity index (χ0v) is 17.8. The zero-order valence-electron chi connectivity index (χ0n) is 16.3. The minimum atomic E-state index is 0.627. The molecule has 0 saturated heterocycles. The number of rotatable bonds is 4. The molecule has 0 aliphatic carbocycles. The van der Waals surface area contributed by atoms with Gasteiger partial charge in [0.15, 0.2) is 0 Å². The number of hydrogen-bond acceptors (Lipinski definition) is 3. The summed E-state index contributed by atoms with van der Waals surface area (Å²) in [7, 11) is 0. The van der Waals surface area contributed by atoms with Crippen LogP contribution >= 0.6 is 23.2 Å². The van der Waals surface area contributed by atoms with E-state index >= 15 is 0 Å². The van der Waals surface area contributed by atoms with Gasteiger partial charge in [-0.25, -0.2) is 15.0 Å². The van der Waals surface area contributed by atoms with Crippen molar-refractivity contribution in [2.75, 3.05) is 0 Å². The van der Waals surface area contributed by atoms with Crippen LogP contribution in [0.15, 0.2) is 64.6 Å². The number of para-hydroxylation sites is 2. The number of aryl methyl sites for hydroxylation is 2. The highest BCUT2D eigenvalue weighted by Gasteiger charge is 2.09. The first-order chi connectivity index (χ1) is 13.4. The van der Waals surface area contributed by atoms with Crippen LogP contribution in [0.2, 0.25) is 10.0 Å². The predicted molar refractivity (Wildman–Crippen MR) is 120 cm³/mol. The molecule has 28 heavy (non-hydrogen) atoms. The van der Waals surface area contributed by atoms with E-state index in [1.165, 1.54) is 0 Å². The molecule has 0 radical (unpaired) electrons. The summed E-state index contributed by atoms with van der Waals surface area (Å²) in [5.74, 6) is 0. The lowest BCUT2D eigenvalue weighted by atomic mass is 10.1. The number of pyridine rings is 1. The Morgan fingerprint density at radius 1 is 0.679 bits per heavy atom. The van der Waals surface area contributed by atoms with Gasteiger partial charge < -0.3 is 0 Å². The number of aliphatic imine (C=N–C) groups is 2. The number of halogens is 2. The van der Waals surface area contributed by atoms with Gasteiger partial charge in [0.1, 0.15) is 0 Å². The van der Waals surface area contributed by atoms with Crippen molar-refractivity contribution in [3.63, 3.8) is 0 Å². The third-order valence-electron chi connectivity index (χ3n) is 4.43. The fourth-order valence-corrected chi connectivity index (χ4v) is 3.35. The highest BCUT2D eigenvalue weighted by molar-refractivity contribution is 6.33. The molecule has 0 bridgehead atoms. The van der Waals surface area contributed by atoms with Gasteiger partial charge in [-0.15, -0.1) is 0 Å². The van der Waals surface area contributed by atoms with Gasteiger partial charge in [0.25, 0.3) is 0 Å². The Hall–Kier alpha value is -2.49. The maximum Gasteiger partial charge on any atom is 0.0849 e. The second kappa shape index (κ2) is 8.68. The SMILES string of the molecule is CC(=Nc1c(C)cccc1Cl)c1cccc(C(C)=Nc2c(C)cccc2Cl)n1. The molecule has 0 amide bonds. The van der Waals surface area contributed by atoms with Crippen molar-refractivity contribution < 1.29 is 0 Å². The molecular formula is C23H21Cl2N3. The second-order valence-electron chi connectivity index (χ2n) is 6.61.